The second-order valence-corrected chi connectivity index (χ2v) is 13.7. The molecule has 9 heteroatoms. The molecule has 4 aliphatic rings. The number of unbranched alkanes of at least 4 members (excludes halogenated alkanes) is 1. The lowest BCUT2D eigenvalue weighted by atomic mass is 9.96. The molecule has 1 aromatic carbocycles. The molecule has 4 heterocycles. The lowest BCUT2D eigenvalue weighted by molar-refractivity contribution is -0.0681. The molecule has 1 N–H and O–H groups in total. The predicted octanol–water partition coefficient (Wildman–Crippen LogP) is 7.14. The van der Waals surface area contributed by atoms with Crippen LogP contribution in [0.3, 0.4) is 0 Å². The van der Waals surface area contributed by atoms with E-state index in [0.29, 0.717) is 52.1 Å². The van der Waals surface area contributed by atoms with E-state index in [2.05, 4.69) is 35.5 Å². The highest BCUT2D eigenvalue weighted by Gasteiger charge is 2.34. The summed E-state index contributed by atoms with van der Waals surface area (Å²) in [5.74, 6) is 1.93. The first kappa shape index (κ1) is 31.0. The average molecular weight is 629 g/mol. The van der Waals surface area contributed by atoms with Gasteiger partial charge in [0.05, 0.1) is 17.9 Å². The van der Waals surface area contributed by atoms with Gasteiger partial charge in [0, 0.05) is 60.3 Å². The fourth-order valence-electron chi connectivity index (χ4n) is 7.14. The molecule has 1 aliphatic carbocycles. The van der Waals surface area contributed by atoms with E-state index in [9.17, 15) is 4.39 Å². The van der Waals surface area contributed by atoms with Gasteiger partial charge < -0.3 is 15.0 Å². The van der Waals surface area contributed by atoms with E-state index in [4.69, 9.17) is 37.9 Å². The van der Waals surface area contributed by atoms with Crippen LogP contribution in [0.25, 0.3) is 11.6 Å². The fraction of sp³-hybridized carbons (Fsp3) is 0.588. The third-order valence-corrected chi connectivity index (χ3v) is 9.90. The van der Waals surface area contributed by atoms with Gasteiger partial charge in [0.1, 0.15) is 18.3 Å². The molecule has 4 unspecified atom stereocenters. The number of alkyl halides is 1. The van der Waals surface area contributed by atoms with Crippen LogP contribution in [0.4, 0.5) is 10.2 Å². The smallest absolute Gasteiger partial charge is 0.140 e. The highest BCUT2D eigenvalue weighted by molar-refractivity contribution is 6.39. The van der Waals surface area contributed by atoms with Crippen LogP contribution in [-0.4, -0.2) is 71.9 Å². The van der Waals surface area contributed by atoms with Crippen LogP contribution in [0.5, 0.6) is 0 Å². The summed E-state index contributed by atoms with van der Waals surface area (Å²) in [7, 11) is 0. The first-order valence-electron chi connectivity index (χ1n) is 16.0. The topological polar surface area (TPSA) is 53.5 Å². The number of piperazine rings is 1. The van der Waals surface area contributed by atoms with Crippen molar-refractivity contribution in [1.82, 2.24) is 20.2 Å². The molecule has 6 nitrogen and oxygen atoms in total. The van der Waals surface area contributed by atoms with E-state index >= 15 is 0 Å². The molecule has 0 amide bonds. The Morgan fingerprint density at radius 1 is 1.07 bits per heavy atom. The third kappa shape index (κ3) is 7.28. The van der Waals surface area contributed by atoms with Gasteiger partial charge >= 0.3 is 0 Å². The number of hydrogen-bond donors (Lipinski definition) is 1. The number of allylic oxidation sites excluding steroid dienone is 2. The van der Waals surface area contributed by atoms with Crippen molar-refractivity contribution < 1.29 is 9.13 Å². The molecule has 0 spiro atoms. The van der Waals surface area contributed by atoms with Gasteiger partial charge in [-0.05, 0) is 93.7 Å². The van der Waals surface area contributed by atoms with Crippen molar-refractivity contribution in [2.45, 2.75) is 95.7 Å². The molecule has 1 aromatic heterocycles. The zero-order valence-electron chi connectivity index (χ0n) is 25.4. The Morgan fingerprint density at radius 3 is 2.47 bits per heavy atom. The summed E-state index contributed by atoms with van der Waals surface area (Å²) >= 11 is 13.6. The van der Waals surface area contributed by atoms with Crippen LogP contribution < -0.4 is 10.2 Å². The van der Waals surface area contributed by atoms with Crippen LogP contribution in [0.2, 0.25) is 5.02 Å². The molecule has 4 fully saturated rings. The molecule has 43 heavy (non-hydrogen) atoms. The van der Waals surface area contributed by atoms with Crippen molar-refractivity contribution >= 4 is 40.7 Å². The zero-order chi connectivity index (χ0) is 30.1. The molecule has 0 radical (unpaired) electrons. The van der Waals surface area contributed by atoms with Crippen LogP contribution in [-0.2, 0) is 17.8 Å². The number of morpholine rings is 1. The molecule has 2 bridgehead atoms. The summed E-state index contributed by atoms with van der Waals surface area (Å²) < 4.78 is 20.6. The van der Waals surface area contributed by atoms with E-state index in [1.165, 1.54) is 0 Å². The van der Waals surface area contributed by atoms with Gasteiger partial charge in [0.2, 0.25) is 0 Å². The molecule has 2 aromatic rings. The Hall–Kier alpha value is -2.03. The summed E-state index contributed by atoms with van der Waals surface area (Å²) in [4.78, 5) is 14.6. The van der Waals surface area contributed by atoms with Gasteiger partial charge in [0.25, 0.3) is 0 Å². The second kappa shape index (κ2) is 13.5. The van der Waals surface area contributed by atoms with Gasteiger partial charge in [-0.25, -0.2) is 14.4 Å². The van der Waals surface area contributed by atoms with Crippen molar-refractivity contribution in [3.8, 4) is 0 Å². The number of nitrogens with zero attached hydrogens (tertiary/aromatic N) is 4. The normalized spacial score (nSPS) is 26.3. The van der Waals surface area contributed by atoms with Gasteiger partial charge in [-0.3, -0.25) is 4.90 Å². The maximum Gasteiger partial charge on any atom is 0.140 e. The molecule has 4 atom stereocenters. The molecular formula is C34H44Cl2FN5O. The number of ether oxygens (including phenoxy) is 1. The highest BCUT2D eigenvalue weighted by Crippen LogP contribution is 2.47. The number of benzene rings is 1. The standard InChI is InChI=1S/C34H44Cl2FN5O/c1-21-17-41(18-22(2)43-21)14-5-4-9-32-39-31(16-37)28(34(40-32)42-19-25-12-13-26(20-42)38-25)15-30(36)23(3)27-7-6-8-29(35)33(27)24-10-11-24/h6-8,15,21-22,24-26,38H,3-5,9-14,16-20H2,1-2H3/b30-15+. The minimum absolute atomic E-state index is 0.263. The number of hydrogen-bond acceptors (Lipinski definition) is 6. The van der Waals surface area contributed by atoms with Gasteiger partial charge in [-0.2, -0.15) is 0 Å². The first-order chi connectivity index (χ1) is 20.8. The number of fused-ring (bicyclic) bond motifs is 2. The van der Waals surface area contributed by atoms with Crippen LogP contribution in [0, 0.1) is 0 Å². The Kier molecular flexibility index (Phi) is 9.75. The second-order valence-electron chi connectivity index (χ2n) is 12.9. The lowest BCUT2D eigenvalue weighted by Gasteiger charge is -2.35. The maximum atomic E-state index is 14.7. The van der Waals surface area contributed by atoms with E-state index < -0.39 is 6.67 Å². The van der Waals surface area contributed by atoms with Crippen molar-refractivity contribution in [2.24, 2.45) is 0 Å². The number of halogens is 3. The Morgan fingerprint density at radius 2 is 1.79 bits per heavy atom. The van der Waals surface area contributed by atoms with Crippen molar-refractivity contribution in [2.75, 3.05) is 37.6 Å². The molecule has 232 valence electrons. The Labute approximate surface area is 265 Å². The van der Waals surface area contributed by atoms with Crippen LogP contribution in [0.15, 0.2) is 29.8 Å². The predicted molar refractivity (Wildman–Crippen MR) is 175 cm³/mol. The molecule has 1 saturated carbocycles. The average Bonchev–Trinajstić information content (AvgIpc) is 3.77. The van der Waals surface area contributed by atoms with E-state index in [1.54, 1.807) is 0 Å². The van der Waals surface area contributed by atoms with Gasteiger partial charge in [0.15, 0.2) is 0 Å². The van der Waals surface area contributed by atoms with Gasteiger partial charge in [-0.15, -0.1) is 0 Å². The number of rotatable bonds is 11. The highest BCUT2D eigenvalue weighted by atomic mass is 35.5. The lowest BCUT2D eigenvalue weighted by Crippen LogP contribution is -2.51. The number of aromatic nitrogens is 2. The summed E-state index contributed by atoms with van der Waals surface area (Å²) in [6.07, 6.45) is 9.59. The fourth-order valence-corrected chi connectivity index (χ4v) is 7.68. The monoisotopic (exact) mass is 627 g/mol. The molecular weight excluding hydrogens is 584 g/mol. The quantitative estimate of drug-likeness (QED) is 0.211. The summed E-state index contributed by atoms with van der Waals surface area (Å²) in [6.45, 7) is 12.6. The summed E-state index contributed by atoms with van der Waals surface area (Å²) in [6, 6.07) is 6.72. The number of anilines is 1. The van der Waals surface area contributed by atoms with E-state index in [1.807, 2.05) is 24.3 Å². The van der Waals surface area contributed by atoms with E-state index in [0.717, 1.165) is 93.2 Å². The zero-order valence-corrected chi connectivity index (χ0v) is 26.9. The van der Waals surface area contributed by atoms with E-state index in [-0.39, 0.29) is 12.2 Å². The van der Waals surface area contributed by atoms with Crippen LogP contribution in [0.1, 0.15) is 86.5 Å². The van der Waals surface area contributed by atoms with Gasteiger partial charge in [-0.1, -0.05) is 41.9 Å². The molecule has 3 saturated heterocycles. The maximum absolute atomic E-state index is 14.7. The largest absolute Gasteiger partial charge is 0.373 e. The number of aryl methyl sites for hydroxylation is 1. The Bertz CT molecular complexity index is 1340. The summed E-state index contributed by atoms with van der Waals surface area (Å²) in [5.41, 5.74) is 3.81. The third-order valence-electron chi connectivity index (χ3n) is 9.24. The molecule has 6 rings (SSSR count). The SMILES string of the molecule is C=C(/C(Cl)=C\c1c(CF)nc(CCCCN2CC(C)OC(C)C2)nc1N1CC2CCC(C1)N2)c1cccc(Cl)c1C1CC1. The van der Waals surface area contributed by atoms with Crippen molar-refractivity contribution in [3.63, 3.8) is 0 Å². The number of nitrogens with one attached hydrogen (secondary N) is 1. The van der Waals surface area contributed by atoms with Crippen molar-refractivity contribution in [3.05, 3.63) is 63.0 Å². The molecule has 3 aliphatic heterocycles. The van der Waals surface area contributed by atoms with Crippen molar-refractivity contribution in [1.29, 1.82) is 0 Å². The minimum atomic E-state index is -0.683. The first-order valence-corrected chi connectivity index (χ1v) is 16.7. The summed E-state index contributed by atoms with van der Waals surface area (Å²) in [5, 5.41) is 4.91. The Balaban J connectivity index is 1.25. The van der Waals surface area contributed by atoms with Crippen LogP contribution >= 0.6 is 23.2 Å². The minimum Gasteiger partial charge on any atom is -0.373 e.